The molecular weight excluding hydrogens is 445 g/mol. The lowest BCUT2D eigenvalue weighted by molar-refractivity contribution is -0.137. The summed E-state index contributed by atoms with van der Waals surface area (Å²) in [5, 5.41) is 2.52. The highest BCUT2D eigenvalue weighted by Gasteiger charge is 2.34. The van der Waals surface area contributed by atoms with Gasteiger partial charge in [-0.1, -0.05) is 0 Å². The van der Waals surface area contributed by atoms with Gasteiger partial charge in [-0.25, -0.2) is 15.0 Å². The average molecular weight is 466 g/mol. The molecule has 1 aliphatic heterocycles. The molecule has 0 aromatic carbocycles. The largest absolute Gasteiger partial charge is 0.489 e. The summed E-state index contributed by atoms with van der Waals surface area (Å²) < 4.78 is 45.0. The van der Waals surface area contributed by atoms with Gasteiger partial charge < -0.3 is 20.7 Å². The maximum Gasteiger partial charge on any atom is 0.417 e. The Labute approximate surface area is 187 Å². The van der Waals surface area contributed by atoms with E-state index in [-0.39, 0.29) is 47.4 Å². The van der Waals surface area contributed by atoms with Crippen LogP contribution >= 0.6 is 12.2 Å². The number of thiocarbonyl (C=S) groups is 1. The zero-order chi connectivity index (χ0) is 23.5. The molecular formula is C20H21F3N6O2S. The van der Waals surface area contributed by atoms with Crippen molar-refractivity contribution in [3.63, 3.8) is 0 Å². The molecule has 8 nitrogen and oxygen atoms in total. The number of ether oxygens (including phenoxy) is 1. The standard InChI is InChI=1S/C20H21F3N6O2S/c1-11(2)31-13-5-6-14(25-10-13)17(24)27-19(32)28-18-15(29-7-3-4-16(29)30)8-12(9-26-18)20(21,22)23/h5-6,8-11H,3-4,7H2,1-2H3,(H3,24,26,27,28,32). The number of nitrogens with zero attached hydrogens (tertiary/aromatic N) is 4. The predicted molar refractivity (Wildman–Crippen MR) is 118 cm³/mol. The van der Waals surface area contributed by atoms with Crippen LogP contribution in [0.2, 0.25) is 0 Å². The summed E-state index contributed by atoms with van der Waals surface area (Å²) >= 11 is 5.17. The molecule has 1 fully saturated rings. The number of alkyl halides is 3. The number of amidine groups is 1. The Balaban J connectivity index is 1.82. The number of nitrogens with two attached hydrogens (primary N) is 1. The molecule has 0 aliphatic carbocycles. The molecule has 0 unspecified atom stereocenters. The molecule has 3 heterocycles. The highest BCUT2D eigenvalue weighted by molar-refractivity contribution is 7.80. The lowest BCUT2D eigenvalue weighted by atomic mass is 10.2. The quantitative estimate of drug-likeness (QED) is 0.395. The van der Waals surface area contributed by atoms with Crippen LogP contribution in [0.4, 0.5) is 24.7 Å². The van der Waals surface area contributed by atoms with Crippen molar-refractivity contribution in [3.8, 4) is 5.75 Å². The minimum absolute atomic E-state index is 0.00990. The highest BCUT2D eigenvalue weighted by atomic mass is 32.1. The van der Waals surface area contributed by atoms with E-state index in [0.717, 1.165) is 6.07 Å². The summed E-state index contributed by atoms with van der Waals surface area (Å²) in [7, 11) is 0. The Kier molecular flexibility index (Phi) is 6.92. The van der Waals surface area contributed by atoms with Crippen molar-refractivity contribution in [3.05, 3.63) is 41.9 Å². The van der Waals surface area contributed by atoms with Crippen molar-refractivity contribution in [2.45, 2.75) is 39.0 Å². The number of amides is 1. The number of hydrogen-bond donors (Lipinski definition) is 2. The van der Waals surface area contributed by atoms with Gasteiger partial charge in [0.2, 0.25) is 5.91 Å². The van der Waals surface area contributed by atoms with Crippen LogP contribution in [-0.2, 0) is 11.0 Å². The van der Waals surface area contributed by atoms with Crippen molar-refractivity contribution in [2.75, 3.05) is 16.8 Å². The molecule has 2 aromatic heterocycles. The van der Waals surface area contributed by atoms with Crippen molar-refractivity contribution in [2.24, 2.45) is 10.7 Å². The van der Waals surface area contributed by atoms with Gasteiger partial charge in [-0.05, 0) is 50.7 Å². The van der Waals surface area contributed by atoms with Crippen molar-refractivity contribution in [1.29, 1.82) is 0 Å². The number of anilines is 2. The molecule has 0 atom stereocenters. The molecule has 0 bridgehead atoms. The summed E-state index contributed by atoms with van der Waals surface area (Å²) in [6, 6.07) is 4.14. The second-order valence-electron chi connectivity index (χ2n) is 7.21. The summed E-state index contributed by atoms with van der Waals surface area (Å²) in [6.45, 7) is 4.05. The van der Waals surface area contributed by atoms with E-state index in [2.05, 4.69) is 20.3 Å². The molecule has 3 N–H and O–H groups in total. The molecule has 0 saturated carbocycles. The van der Waals surface area contributed by atoms with Gasteiger partial charge in [0.1, 0.15) is 11.4 Å². The zero-order valence-electron chi connectivity index (χ0n) is 17.3. The number of carbonyl (C=O) groups is 1. The maximum atomic E-state index is 13.2. The van der Waals surface area contributed by atoms with Gasteiger partial charge >= 0.3 is 6.18 Å². The number of rotatable bonds is 5. The number of pyridine rings is 2. The second-order valence-corrected chi connectivity index (χ2v) is 7.60. The fourth-order valence-electron chi connectivity index (χ4n) is 2.98. The van der Waals surface area contributed by atoms with Gasteiger partial charge in [0.25, 0.3) is 0 Å². The topological polar surface area (TPSA) is 106 Å². The molecule has 2 aromatic rings. The minimum Gasteiger partial charge on any atom is -0.489 e. The summed E-state index contributed by atoms with van der Waals surface area (Å²) in [4.78, 5) is 25.4. The van der Waals surface area contributed by atoms with E-state index in [1.54, 1.807) is 12.1 Å². The number of halogens is 3. The predicted octanol–water partition coefficient (Wildman–Crippen LogP) is 3.51. The van der Waals surface area contributed by atoms with Gasteiger partial charge in [-0.3, -0.25) is 4.79 Å². The first-order valence-corrected chi connectivity index (χ1v) is 10.1. The van der Waals surface area contributed by atoms with Gasteiger partial charge in [-0.2, -0.15) is 13.2 Å². The normalized spacial score (nSPS) is 14.8. The molecule has 0 spiro atoms. The molecule has 32 heavy (non-hydrogen) atoms. The smallest absolute Gasteiger partial charge is 0.417 e. The molecule has 0 radical (unpaired) electrons. The van der Waals surface area contributed by atoms with Crippen LogP contribution in [0.25, 0.3) is 0 Å². The van der Waals surface area contributed by atoms with Crippen molar-refractivity contribution in [1.82, 2.24) is 9.97 Å². The van der Waals surface area contributed by atoms with E-state index in [0.29, 0.717) is 24.1 Å². The van der Waals surface area contributed by atoms with Crippen LogP contribution in [-0.4, -0.2) is 39.5 Å². The highest BCUT2D eigenvalue weighted by Crippen LogP contribution is 2.35. The molecule has 3 rings (SSSR count). The zero-order valence-corrected chi connectivity index (χ0v) is 18.1. The Bertz CT molecular complexity index is 1040. The fourth-order valence-corrected chi connectivity index (χ4v) is 3.18. The first-order chi connectivity index (χ1) is 15.0. The summed E-state index contributed by atoms with van der Waals surface area (Å²) in [5.41, 5.74) is 5.29. The van der Waals surface area contributed by atoms with Crippen molar-refractivity contribution < 1.29 is 22.7 Å². The van der Waals surface area contributed by atoms with Gasteiger partial charge in [0, 0.05) is 19.2 Å². The van der Waals surface area contributed by atoms with E-state index in [4.69, 9.17) is 22.7 Å². The molecule has 12 heteroatoms. The van der Waals surface area contributed by atoms with Crippen LogP contribution in [0.3, 0.4) is 0 Å². The third-order valence-electron chi connectivity index (χ3n) is 4.38. The summed E-state index contributed by atoms with van der Waals surface area (Å²) in [6.07, 6.45) is -1.69. The fraction of sp³-hybridized carbons (Fsp3) is 0.350. The molecule has 1 aliphatic rings. The lowest BCUT2D eigenvalue weighted by Crippen LogP contribution is -2.27. The van der Waals surface area contributed by atoms with Gasteiger partial charge in [0.15, 0.2) is 16.8 Å². The third kappa shape index (κ3) is 5.69. The number of nitrogens with one attached hydrogen (secondary N) is 1. The van der Waals surface area contributed by atoms with Crippen LogP contribution < -0.4 is 20.7 Å². The lowest BCUT2D eigenvalue weighted by Gasteiger charge is -2.21. The molecule has 1 amide bonds. The van der Waals surface area contributed by atoms with Crippen LogP contribution in [0.1, 0.15) is 37.9 Å². The van der Waals surface area contributed by atoms with Crippen LogP contribution in [0, 0.1) is 0 Å². The SMILES string of the molecule is CC(C)Oc1ccc(/C(N)=N/C(=S)Nc2ncc(C(F)(F)F)cc2N2CCCC2=O)nc1. The summed E-state index contributed by atoms with van der Waals surface area (Å²) in [5.74, 6) is 0.231. The van der Waals surface area contributed by atoms with E-state index in [9.17, 15) is 18.0 Å². The monoisotopic (exact) mass is 466 g/mol. The number of carbonyl (C=O) groups excluding carboxylic acids is 1. The Hall–Kier alpha value is -3.28. The number of aliphatic imine (C=N–C) groups is 1. The van der Waals surface area contributed by atoms with Crippen molar-refractivity contribution >= 4 is 40.6 Å². The molecule has 1 saturated heterocycles. The van der Waals surface area contributed by atoms with Crippen LogP contribution in [0.5, 0.6) is 5.75 Å². The first kappa shape index (κ1) is 23.4. The first-order valence-electron chi connectivity index (χ1n) is 9.70. The van der Waals surface area contributed by atoms with Gasteiger partial charge in [0.05, 0.1) is 23.6 Å². The van der Waals surface area contributed by atoms with Gasteiger partial charge in [-0.15, -0.1) is 0 Å². The van der Waals surface area contributed by atoms with Crippen LogP contribution in [0.15, 0.2) is 35.6 Å². The molecule has 170 valence electrons. The van der Waals surface area contributed by atoms with E-state index < -0.39 is 11.7 Å². The number of hydrogen-bond acceptors (Lipinski definition) is 5. The Morgan fingerprint density at radius 2 is 2.06 bits per heavy atom. The second kappa shape index (κ2) is 9.47. The Morgan fingerprint density at radius 3 is 2.62 bits per heavy atom. The maximum absolute atomic E-state index is 13.2. The Morgan fingerprint density at radius 1 is 1.31 bits per heavy atom. The van der Waals surface area contributed by atoms with E-state index >= 15 is 0 Å². The average Bonchev–Trinajstić information content (AvgIpc) is 3.13. The third-order valence-corrected chi connectivity index (χ3v) is 4.57. The van der Waals surface area contributed by atoms with E-state index in [1.807, 2.05) is 13.8 Å². The van der Waals surface area contributed by atoms with E-state index in [1.165, 1.54) is 11.1 Å². The minimum atomic E-state index is -4.61. The number of aromatic nitrogens is 2.